The molecule has 0 amide bonds. The first-order valence-electron chi connectivity index (χ1n) is 9.19. The molecular weight excluding hydrogens is 510 g/mol. The molecule has 0 bridgehead atoms. The van der Waals surface area contributed by atoms with Crippen molar-refractivity contribution in [2.24, 2.45) is 0 Å². The van der Waals surface area contributed by atoms with E-state index < -0.39 is 0 Å². The predicted molar refractivity (Wildman–Crippen MR) is 109 cm³/mol. The summed E-state index contributed by atoms with van der Waals surface area (Å²) in [7, 11) is 0. The van der Waals surface area contributed by atoms with Gasteiger partial charge >= 0.3 is 0 Å². The predicted octanol–water partition coefficient (Wildman–Crippen LogP) is 6.87. The molecule has 2 heterocycles. The quantitative estimate of drug-likeness (QED) is 0.263. The SMILES string of the molecule is CC(C)c1c[c-]c(-c2cc(C(C)(C)C)ccn2)c2oc3ccccc3c12.[Ir]. The summed E-state index contributed by atoms with van der Waals surface area (Å²) in [5.41, 5.74) is 6.24. The van der Waals surface area contributed by atoms with Crippen LogP contribution in [-0.2, 0) is 25.5 Å². The molecule has 0 unspecified atom stereocenters. The third-order valence-electron chi connectivity index (χ3n) is 4.99. The van der Waals surface area contributed by atoms with Gasteiger partial charge in [0.25, 0.3) is 0 Å². The van der Waals surface area contributed by atoms with E-state index in [-0.39, 0.29) is 25.5 Å². The minimum atomic E-state index is 0. The Bertz CT molecular complexity index is 1100. The van der Waals surface area contributed by atoms with Crippen LogP contribution in [0.3, 0.4) is 0 Å². The number of rotatable bonds is 2. The van der Waals surface area contributed by atoms with Gasteiger partial charge in [-0.1, -0.05) is 75.8 Å². The van der Waals surface area contributed by atoms with Gasteiger partial charge in [0.1, 0.15) is 5.58 Å². The van der Waals surface area contributed by atoms with Crippen LogP contribution in [0.15, 0.2) is 53.1 Å². The topological polar surface area (TPSA) is 26.0 Å². The number of benzene rings is 2. The van der Waals surface area contributed by atoms with Gasteiger partial charge < -0.3 is 9.40 Å². The summed E-state index contributed by atoms with van der Waals surface area (Å²) in [4.78, 5) is 4.63. The summed E-state index contributed by atoms with van der Waals surface area (Å²) >= 11 is 0. The minimum Gasteiger partial charge on any atom is -0.501 e. The summed E-state index contributed by atoms with van der Waals surface area (Å²) in [5.74, 6) is 0.401. The number of fused-ring (bicyclic) bond motifs is 3. The smallest absolute Gasteiger partial charge is 0.120 e. The van der Waals surface area contributed by atoms with E-state index in [1.165, 1.54) is 16.5 Å². The van der Waals surface area contributed by atoms with Crippen molar-refractivity contribution in [3.8, 4) is 11.3 Å². The van der Waals surface area contributed by atoms with E-state index in [0.717, 1.165) is 27.8 Å². The molecule has 0 aliphatic rings. The molecule has 4 rings (SSSR count). The summed E-state index contributed by atoms with van der Waals surface area (Å²) in [5, 5.41) is 2.35. The summed E-state index contributed by atoms with van der Waals surface area (Å²) < 4.78 is 6.28. The molecule has 0 fully saturated rings. The van der Waals surface area contributed by atoms with E-state index in [2.05, 4.69) is 76.0 Å². The van der Waals surface area contributed by atoms with Crippen molar-refractivity contribution in [2.45, 2.75) is 46.0 Å². The van der Waals surface area contributed by atoms with Crippen LogP contribution in [0.5, 0.6) is 0 Å². The normalized spacial score (nSPS) is 11.9. The molecule has 0 atom stereocenters. The fraction of sp³-hybridized carbons (Fsp3) is 0.292. The van der Waals surface area contributed by atoms with Gasteiger partial charge in [-0.3, -0.25) is 0 Å². The van der Waals surface area contributed by atoms with E-state index in [4.69, 9.17) is 4.42 Å². The van der Waals surface area contributed by atoms with Gasteiger partial charge in [-0.25, -0.2) is 0 Å². The molecule has 0 aliphatic heterocycles. The average molecular weight is 535 g/mol. The first-order chi connectivity index (χ1) is 12.4. The molecule has 0 N–H and O–H groups in total. The van der Waals surface area contributed by atoms with Gasteiger partial charge in [0.15, 0.2) is 0 Å². The van der Waals surface area contributed by atoms with Gasteiger partial charge in [0, 0.05) is 31.7 Å². The number of hydrogen-bond acceptors (Lipinski definition) is 2. The Morgan fingerprint density at radius 2 is 1.81 bits per heavy atom. The Hall–Kier alpha value is -1.96. The molecule has 0 saturated heterocycles. The van der Waals surface area contributed by atoms with Crippen molar-refractivity contribution in [3.63, 3.8) is 0 Å². The fourth-order valence-electron chi connectivity index (χ4n) is 3.48. The third kappa shape index (κ3) is 3.47. The Balaban J connectivity index is 0.00000210. The van der Waals surface area contributed by atoms with Crippen molar-refractivity contribution in [1.82, 2.24) is 4.98 Å². The molecule has 2 nitrogen and oxygen atoms in total. The molecule has 1 radical (unpaired) electrons. The molecule has 4 aromatic rings. The minimum absolute atomic E-state index is 0. The number of nitrogens with zero attached hydrogens (tertiary/aromatic N) is 1. The van der Waals surface area contributed by atoms with E-state index in [1.807, 2.05) is 18.3 Å². The Morgan fingerprint density at radius 3 is 2.52 bits per heavy atom. The molecule has 0 aliphatic carbocycles. The van der Waals surface area contributed by atoms with Gasteiger partial charge in [-0.05, 0) is 28.8 Å². The summed E-state index contributed by atoms with van der Waals surface area (Å²) in [6.07, 6.45) is 1.88. The van der Waals surface area contributed by atoms with Crippen LogP contribution in [0.2, 0.25) is 0 Å². The van der Waals surface area contributed by atoms with Gasteiger partial charge in [0.05, 0.1) is 5.58 Å². The molecule has 0 spiro atoms. The second kappa shape index (κ2) is 7.22. The maximum Gasteiger partial charge on any atom is 0.120 e. The zero-order chi connectivity index (χ0) is 18.5. The van der Waals surface area contributed by atoms with E-state index in [1.54, 1.807) is 0 Å². The van der Waals surface area contributed by atoms with Crippen LogP contribution in [-0.4, -0.2) is 4.98 Å². The molecule has 27 heavy (non-hydrogen) atoms. The Labute approximate surface area is 174 Å². The van der Waals surface area contributed by atoms with E-state index >= 15 is 0 Å². The van der Waals surface area contributed by atoms with E-state index in [0.29, 0.717) is 5.92 Å². The zero-order valence-electron chi connectivity index (χ0n) is 16.4. The second-order valence-electron chi connectivity index (χ2n) is 8.26. The first kappa shape index (κ1) is 19.8. The number of pyridine rings is 1. The van der Waals surface area contributed by atoms with Gasteiger partial charge in [-0.2, -0.15) is 0 Å². The van der Waals surface area contributed by atoms with Crippen molar-refractivity contribution in [2.75, 3.05) is 0 Å². The average Bonchev–Trinajstić information content (AvgIpc) is 2.99. The number of furan rings is 1. The fourth-order valence-corrected chi connectivity index (χ4v) is 3.48. The molecule has 141 valence electrons. The number of aromatic nitrogens is 1. The van der Waals surface area contributed by atoms with Crippen LogP contribution in [0, 0.1) is 6.07 Å². The Kier molecular flexibility index (Phi) is 5.29. The molecular formula is C24H24IrNO-. The largest absolute Gasteiger partial charge is 0.501 e. The maximum atomic E-state index is 6.28. The summed E-state index contributed by atoms with van der Waals surface area (Å²) in [6, 6.07) is 18.1. The molecule has 0 saturated carbocycles. The van der Waals surface area contributed by atoms with Crippen molar-refractivity contribution in [1.29, 1.82) is 0 Å². The van der Waals surface area contributed by atoms with Crippen LogP contribution < -0.4 is 0 Å². The van der Waals surface area contributed by atoms with Crippen molar-refractivity contribution < 1.29 is 24.5 Å². The zero-order valence-corrected chi connectivity index (χ0v) is 18.8. The van der Waals surface area contributed by atoms with Crippen LogP contribution in [0.4, 0.5) is 0 Å². The summed E-state index contributed by atoms with van der Waals surface area (Å²) in [6.45, 7) is 11.1. The standard InChI is InChI=1S/C24H24NO.Ir/c1-15(2)17-10-11-18(20-14-16(12-13-25-20)24(3,4)5)23-22(17)19-8-6-7-9-21(19)26-23;/h6-10,12-15H,1-5H3;/q-1;. The number of hydrogen-bond donors (Lipinski definition) is 0. The molecule has 2 aromatic heterocycles. The van der Waals surface area contributed by atoms with Crippen LogP contribution >= 0.6 is 0 Å². The van der Waals surface area contributed by atoms with Crippen molar-refractivity contribution >= 4 is 21.9 Å². The van der Waals surface area contributed by atoms with Gasteiger partial charge in [-0.15, -0.1) is 17.7 Å². The Morgan fingerprint density at radius 1 is 1.07 bits per heavy atom. The molecule has 2 aromatic carbocycles. The van der Waals surface area contributed by atoms with Crippen LogP contribution in [0.1, 0.15) is 51.7 Å². The van der Waals surface area contributed by atoms with Gasteiger partial charge in [0.2, 0.25) is 0 Å². The molecule has 3 heteroatoms. The van der Waals surface area contributed by atoms with Crippen LogP contribution in [0.25, 0.3) is 33.2 Å². The third-order valence-corrected chi connectivity index (χ3v) is 4.99. The maximum absolute atomic E-state index is 6.28. The van der Waals surface area contributed by atoms with Crippen molar-refractivity contribution in [3.05, 3.63) is 65.9 Å². The second-order valence-corrected chi connectivity index (χ2v) is 8.26. The first-order valence-corrected chi connectivity index (χ1v) is 9.19. The number of para-hydroxylation sites is 1. The van der Waals surface area contributed by atoms with E-state index in [9.17, 15) is 0 Å². The monoisotopic (exact) mass is 535 g/mol.